The van der Waals surface area contributed by atoms with Crippen molar-refractivity contribution in [3.05, 3.63) is 45.1 Å². The quantitative estimate of drug-likeness (QED) is 0.662. The summed E-state index contributed by atoms with van der Waals surface area (Å²) in [5.41, 5.74) is 2.15. The summed E-state index contributed by atoms with van der Waals surface area (Å²) in [4.78, 5) is 22.9. The van der Waals surface area contributed by atoms with Gasteiger partial charge >= 0.3 is 0 Å². The van der Waals surface area contributed by atoms with E-state index >= 15 is 0 Å². The maximum absolute atomic E-state index is 12.8. The molecule has 0 bridgehead atoms. The molecule has 27 heavy (non-hydrogen) atoms. The van der Waals surface area contributed by atoms with Crippen molar-refractivity contribution in [3.8, 4) is 17.1 Å². The van der Waals surface area contributed by atoms with Gasteiger partial charge < -0.3 is 9.72 Å². The van der Waals surface area contributed by atoms with Crippen LogP contribution >= 0.6 is 11.3 Å². The van der Waals surface area contributed by atoms with Crippen molar-refractivity contribution in [3.63, 3.8) is 0 Å². The van der Waals surface area contributed by atoms with Crippen LogP contribution in [0.25, 0.3) is 21.6 Å². The van der Waals surface area contributed by atoms with Gasteiger partial charge in [0, 0.05) is 10.4 Å². The normalized spacial score (nSPS) is 14.8. The van der Waals surface area contributed by atoms with Crippen molar-refractivity contribution in [1.82, 2.24) is 9.97 Å². The Labute approximate surface area is 163 Å². The Hall–Kier alpha value is -2.14. The van der Waals surface area contributed by atoms with Gasteiger partial charge in [-0.3, -0.25) is 4.79 Å². The molecule has 0 saturated heterocycles. The highest BCUT2D eigenvalue weighted by Crippen LogP contribution is 2.33. The lowest BCUT2D eigenvalue weighted by molar-refractivity contribution is 0.271. The third kappa shape index (κ3) is 3.93. The highest BCUT2D eigenvalue weighted by molar-refractivity contribution is 7.18. The number of aromatic nitrogens is 2. The first-order valence-corrected chi connectivity index (χ1v) is 10.7. The lowest BCUT2D eigenvalue weighted by Crippen LogP contribution is -2.10. The number of thiophene rings is 1. The summed E-state index contributed by atoms with van der Waals surface area (Å²) < 4.78 is 5.74. The second-order valence-corrected chi connectivity index (χ2v) is 8.83. The van der Waals surface area contributed by atoms with E-state index in [0.717, 1.165) is 40.8 Å². The van der Waals surface area contributed by atoms with E-state index in [2.05, 4.69) is 18.8 Å². The molecule has 0 spiro atoms. The first-order valence-electron chi connectivity index (χ1n) is 9.89. The SMILES string of the molecule is CC(C)COc1ccc(-c2nc3sc4c(c3c(=O)[nH]2)CCCCCC4)cc1. The third-order valence-electron chi connectivity index (χ3n) is 5.04. The standard InChI is InChI=1S/C22H26N2O2S/c1-14(2)13-26-16-11-9-15(10-12-16)20-23-21(25)19-17-7-5-3-4-6-8-18(17)27-22(19)24-20/h9-12,14H,3-8,13H2,1-2H3,(H,23,24,25). The fourth-order valence-electron chi connectivity index (χ4n) is 3.63. The number of fused-ring (bicyclic) bond motifs is 3. The Kier molecular flexibility index (Phi) is 5.30. The fraction of sp³-hybridized carbons (Fsp3) is 0.455. The molecule has 4 nitrogen and oxygen atoms in total. The highest BCUT2D eigenvalue weighted by atomic mass is 32.1. The molecule has 0 aliphatic heterocycles. The van der Waals surface area contributed by atoms with Gasteiger partial charge in [-0.1, -0.05) is 26.7 Å². The average Bonchev–Trinajstić information content (AvgIpc) is 2.97. The molecule has 0 atom stereocenters. The first kappa shape index (κ1) is 18.2. The highest BCUT2D eigenvalue weighted by Gasteiger charge is 2.18. The number of nitrogens with zero attached hydrogens (tertiary/aromatic N) is 1. The Bertz CT molecular complexity index is 986. The van der Waals surface area contributed by atoms with Crippen LogP contribution in [0.1, 0.15) is 50.0 Å². The second kappa shape index (κ2) is 7.85. The topological polar surface area (TPSA) is 55.0 Å². The summed E-state index contributed by atoms with van der Waals surface area (Å²) in [6.07, 6.45) is 6.99. The molecule has 3 aromatic rings. The van der Waals surface area contributed by atoms with Crippen LogP contribution in [-0.4, -0.2) is 16.6 Å². The van der Waals surface area contributed by atoms with E-state index in [1.807, 2.05) is 24.3 Å². The molecule has 0 amide bonds. The predicted molar refractivity (Wildman–Crippen MR) is 112 cm³/mol. The van der Waals surface area contributed by atoms with E-state index in [4.69, 9.17) is 9.72 Å². The molecule has 0 fully saturated rings. The van der Waals surface area contributed by atoms with E-state index in [0.29, 0.717) is 18.3 Å². The van der Waals surface area contributed by atoms with Crippen LogP contribution in [0.15, 0.2) is 29.1 Å². The van der Waals surface area contributed by atoms with Gasteiger partial charge in [-0.15, -0.1) is 11.3 Å². The van der Waals surface area contributed by atoms with Gasteiger partial charge in [0.25, 0.3) is 5.56 Å². The van der Waals surface area contributed by atoms with E-state index < -0.39 is 0 Å². The van der Waals surface area contributed by atoms with Crippen LogP contribution in [0.5, 0.6) is 5.75 Å². The Balaban J connectivity index is 1.68. The second-order valence-electron chi connectivity index (χ2n) is 7.74. The smallest absolute Gasteiger partial charge is 0.260 e. The molecular formula is C22H26N2O2S. The summed E-state index contributed by atoms with van der Waals surface area (Å²) in [6, 6.07) is 7.80. The van der Waals surface area contributed by atoms with Crippen LogP contribution < -0.4 is 10.3 Å². The van der Waals surface area contributed by atoms with Crippen LogP contribution in [0, 0.1) is 5.92 Å². The van der Waals surface area contributed by atoms with Crippen LogP contribution in [0.4, 0.5) is 0 Å². The molecule has 5 heteroatoms. The summed E-state index contributed by atoms with van der Waals surface area (Å²) in [6.45, 7) is 4.95. The number of benzene rings is 1. The van der Waals surface area contributed by atoms with Gasteiger partial charge in [0.1, 0.15) is 16.4 Å². The molecule has 0 radical (unpaired) electrons. The zero-order valence-electron chi connectivity index (χ0n) is 16.0. The van der Waals surface area contributed by atoms with Gasteiger partial charge in [-0.05, 0) is 61.4 Å². The van der Waals surface area contributed by atoms with E-state index in [9.17, 15) is 4.79 Å². The van der Waals surface area contributed by atoms with Gasteiger partial charge in [-0.25, -0.2) is 4.98 Å². The molecule has 2 heterocycles. The molecule has 2 aromatic heterocycles. The predicted octanol–water partition coefficient (Wildman–Crippen LogP) is 5.35. The number of rotatable bonds is 4. The van der Waals surface area contributed by atoms with Crippen LogP contribution in [0.3, 0.4) is 0 Å². The minimum absolute atomic E-state index is 0.00629. The molecule has 1 aliphatic carbocycles. The fourth-order valence-corrected chi connectivity index (χ4v) is 4.89. The van der Waals surface area contributed by atoms with Crippen molar-refractivity contribution in [1.29, 1.82) is 0 Å². The summed E-state index contributed by atoms with van der Waals surface area (Å²) >= 11 is 1.70. The van der Waals surface area contributed by atoms with Gasteiger partial charge in [0.2, 0.25) is 0 Å². The monoisotopic (exact) mass is 382 g/mol. The number of hydrogen-bond donors (Lipinski definition) is 1. The van der Waals surface area contributed by atoms with E-state index in [1.54, 1.807) is 11.3 Å². The van der Waals surface area contributed by atoms with Crippen LogP contribution in [-0.2, 0) is 12.8 Å². The lowest BCUT2D eigenvalue weighted by Gasteiger charge is -2.09. The molecule has 1 aliphatic rings. The molecule has 1 aromatic carbocycles. The van der Waals surface area contributed by atoms with Gasteiger partial charge in [0.05, 0.1) is 12.0 Å². The molecular weight excluding hydrogens is 356 g/mol. The minimum atomic E-state index is -0.00629. The molecule has 0 unspecified atom stereocenters. The first-order chi connectivity index (χ1) is 13.1. The lowest BCUT2D eigenvalue weighted by atomic mass is 9.98. The largest absolute Gasteiger partial charge is 0.493 e. The Morgan fingerprint density at radius 1 is 1.11 bits per heavy atom. The molecule has 142 valence electrons. The van der Waals surface area contributed by atoms with Crippen molar-refractivity contribution in [2.75, 3.05) is 6.61 Å². The number of aromatic amines is 1. The van der Waals surface area contributed by atoms with Gasteiger partial charge in [-0.2, -0.15) is 0 Å². The third-order valence-corrected chi connectivity index (χ3v) is 6.22. The Morgan fingerprint density at radius 3 is 2.59 bits per heavy atom. The number of aryl methyl sites for hydroxylation is 2. The average molecular weight is 383 g/mol. The maximum Gasteiger partial charge on any atom is 0.260 e. The van der Waals surface area contributed by atoms with Crippen LogP contribution in [0.2, 0.25) is 0 Å². The summed E-state index contributed by atoms with van der Waals surface area (Å²) in [7, 11) is 0. The van der Waals surface area contributed by atoms with Crippen molar-refractivity contribution >= 4 is 21.6 Å². The zero-order valence-corrected chi connectivity index (χ0v) is 16.8. The maximum atomic E-state index is 12.8. The molecule has 4 rings (SSSR count). The van der Waals surface area contributed by atoms with E-state index in [1.165, 1.54) is 29.7 Å². The number of hydrogen-bond acceptors (Lipinski definition) is 4. The molecule has 1 N–H and O–H groups in total. The van der Waals surface area contributed by atoms with Gasteiger partial charge in [0.15, 0.2) is 0 Å². The number of nitrogens with one attached hydrogen (secondary N) is 1. The number of ether oxygens (including phenoxy) is 1. The minimum Gasteiger partial charge on any atom is -0.493 e. The summed E-state index contributed by atoms with van der Waals surface area (Å²) in [5.74, 6) is 1.97. The summed E-state index contributed by atoms with van der Waals surface area (Å²) in [5, 5.41) is 0.817. The molecule has 0 saturated carbocycles. The zero-order chi connectivity index (χ0) is 18.8. The van der Waals surface area contributed by atoms with Crippen molar-refractivity contribution in [2.45, 2.75) is 52.4 Å². The number of H-pyrrole nitrogens is 1. The van der Waals surface area contributed by atoms with Crippen molar-refractivity contribution in [2.24, 2.45) is 5.92 Å². The van der Waals surface area contributed by atoms with Crippen molar-refractivity contribution < 1.29 is 4.74 Å². The van der Waals surface area contributed by atoms with E-state index in [-0.39, 0.29) is 5.56 Å². The Morgan fingerprint density at radius 2 is 1.85 bits per heavy atom.